The van der Waals surface area contributed by atoms with E-state index in [1.54, 1.807) is 29.2 Å². The lowest BCUT2D eigenvalue weighted by Crippen LogP contribution is -2.38. The van der Waals surface area contributed by atoms with Gasteiger partial charge in [0.2, 0.25) is 0 Å². The molecular formula is C22H19F2N3O3. The van der Waals surface area contributed by atoms with Crippen LogP contribution >= 0.6 is 0 Å². The molecule has 4 N–H and O–H groups in total. The topological polar surface area (TPSA) is 95.7 Å². The second kappa shape index (κ2) is 7.62. The summed E-state index contributed by atoms with van der Waals surface area (Å²) >= 11 is 0. The molecule has 30 heavy (non-hydrogen) atoms. The molecule has 0 unspecified atom stereocenters. The van der Waals surface area contributed by atoms with Crippen LogP contribution in [0, 0.1) is 11.6 Å². The first-order valence-electron chi connectivity index (χ1n) is 9.40. The van der Waals surface area contributed by atoms with Crippen molar-refractivity contribution in [3.8, 4) is 5.75 Å². The number of rotatable bonds is 3. The van der Waals surface area contributed by atoms with Crippen molar-refractivity contribution in [1.29, 1.82) is 0 Å². The lowest BCUT2D eigenvalue weighted by Gasteiger charge is -2.18. The summed E-state index contributed by atoms with van der Waals surface area (Å²) in [5, 5.41) is 13.1. The van der Waals surface area contributed by atoms with Crippen LogP contribution in [-0.4, -0.2) is 41.0 Å². The summed E-state index contributed by atoms with van der Waals surface area (Å²) in [6.07, 6.45) is 0.520. The number of nitrogens with zero attached hydrogens (tertiary/aromatic N) is 1. The summed E-state index contributed by atoms with van der Waals surface area (Å²) in [5.41, 5.74) is 5.65. The van der Waals surface area contributed by atoms with Gasteiger partial charge < -0.3 is 21.1 Å². The molecule has 1 aliphatic rings. The Morgan fingerprint density at radius 3 is 2.53 bits per heavy atom. The van der Waals surface area contributed by atoms with Gasteiger partial charge in [-0.3, -0.25) is 9.59 Å². The van der Waals surface area contributed by atoms with E-state index in [0.29, 0.717) is 29.3 Å². The normalized spacial score (nSPS) is 16.1. The van der Waals surface area contributed by atoms with Crippen LogP contribution in [0.5, 0.6) is 5.75 Å². The number of phenols is 1. The zero-order chi connectivity index (χ0) is 21.4. The predicted octanol–water partition coefficient (Wildman–Crippen LogP) is 3.05. The minimum atomic E-state index is -0.980. The molecule has 0 spiro atoms. The number of amides is 2. The van der Waals surface area contributed by atoms with E-state index in [-0.39, 0.29) is 29.7 Å². The molecule has 1 saturated heterocycles. The number of hydrogen-bond acceptors (Lipinski definition) is 4. The predicted molar refractivity (Wildman–Crippen MR) is 108 cm³/mol. The quantitative estimate of drug-likeness (QED) is 0.456. The van der Waals surface area contributed by atoms with Crippen molar-refractivity contribution in [1.82, 2.24) is 10.2 Å². The van der Waals surface area contributed by atoms with Crippen molar-refractivity contribution < 1.29 is 23.5 Å². The molecule has 0 aromatic heterocycles. The van der Waals surface area contributed by atoms with Gasteiger partial charge in [-0.25, -0.2) is 8.78 Å². The Balaban J connectivity index is 1.48. The van der Waals surface area contributed by atoms with Crippen molar-refractivity contribution in [2.75, 3.05) is 18.8 Å². The monoisotopic (exact) mass is 411 g/mol. The van der Waals surface area contributed by atoms with E-state index in [1.807, 2.05) is 0 Å². The number of phenolic OH excluding ortho intramolecular Hbond substituents is 1. The zero-order valence-corrected chi connectivity index (χ0v) is 15.9. The molecule has 8 heteroatoms. The van der Waals surface area contributed by atoms with Crippen molar-refractivity contribution >= 4 is 28.3 Å². The van der Waals surface area contributed by atoms with Gasteiger partial charge in [-0.15, -0.1) is 0 Å². The molecule has 1 heterocycles. The van der Waals surface area contributed by atoms with Gasteiger partial charge >= 0.3 is 0 Å². The van der Waals surface area contributed by atoms with Gasteiger partial charge in [0.05, 0.1) is 5.69 Å². The molecule has 3 aromatic carbocycles. The third-order valence-corrected chi connectivity index (χ3v) is 5.27. The average Bonchev–Trinajstić information content (AvgIpc) is 3.20. The number of aromatic hydroxyl groups is 1. The third kappa shape index (κ3) is 3.52. The molecular weight excluding hydrogens is 392 g/mol. The molecule has 0 bridgehead atoms. The lowest BCUT2D eigenvalue weighted by molar-refractivity contribution is 0.0785. The number of hydrogen-bond donors (Lipinski definition) is 3. The molecule has 2 amide bonds. The van der Waals surface area contributed by atoms with Crippen LogP contribution in [0.25, 0.3) is 10.8 Å². The lowest BCUT2D eigenvalue weighted by atomic mass is 10.0. The maximum absolute atomic E-state index is 14.0. The largest absolute Gasteiger partial charge is 0.503 e. The molecule has 1 fully saturated rings. The first kappa shape index (κ1) is 19.6. The van der Waals surface area contributed by atoms with Crippen LogP contribution in [0.3, 0.4) is 0 Å². The van der Waals surface area contributed by atoms with Crippen LogP contribution in [0.1, 0.15) is 27.1 Å². The Bertz CT molecular complexity index is 1140. The Morgan fingerprint density at radius 1 is 1.07 bits per heavy atom. The summed E-state index contributed by atoms with van der Waals surface area (Å²) in [4.78, 5) is 27.0. The first-order valence-corrected chi connectivity index (χ1v) is 9.40. The summed E-state index contributed by atoms with van der Waals surface area (Å²) in [6.45, 7) is 0.688. The highest BCUT2D eigenvalue weighted by molar-refractivity contribution is 6.07. The van der Waals surface area contributed by atoms with Crippen LogP contribution < -0.4 is 11.1 Å². The second-order valence-corrected chi connectivity index (χ2v) is 7.25. The van der Waals surface area contributed by atoms with E-state index >= 15 is 0 Å². The number of carbonyl (C=O) groups is 2. The number of nitrogens with one attached hydrogen (secondary N) is 1. The minimum Gasteiger partial charge on any atom is -0.503 e. The minimum absolute atomic E-state index is 0.0166. The third-order valence-electron chi connectivity index (χ3n) is 5.27. The number of halogens is 2. The maximum Gasteiger partial charge on any atom is 0.254 e. The van der Waals surface area contributed by atoms with E-state index in [4.69, 9.17) is 5.73 Å². The van der Waals surface area contributed by atoms with Gasteiger partial charge in [0.15, 0.2) is 11.6 Å². The smallest absolute Gasteiger partial charge is 0.254 e. The Labute approximate surface area is 170 Å². The van der Waals surface area contributed by atoms with Gasteiger partial charge in [-0.2, -0.15) is 0 Å². The van der Waals surface area contributed by atoms with E-state index in [1.165, 1.54) is 18.2 Å². The maximum atomic E-state index is 14.0. The van der Waals surface area contributed by atoms with Crippen molar-refractivity contribution in [2.45, 2.75) is 12.5 Å². The van der Waals surface area contributed by atoms with E-state index in [9.17, 15) is 23.5 Å². The van der Waals surface area contributed by atoms with Crippen molar-refractivity contribution in [3.05, 3.63) is 71.3 Å². The highest BCUT2D eigenvalue weighted by Gasteiger charge is 2.29. The highest BCUT2D eigenvalue weighted by Crippen LogP contribution is 2.26. The number of benzene rings is 3. The van der Waals surface area contributed by atoms with Crippen molar-refractivity contribution in [3.63, 3.8) is 0 Å². The molecule has 1 aliphatic heterocycles. The first-order chi connectivity index (χ1) is 14.3. The van der Waals surface area contributed by atoms with Crippen LogP contribution in [-0.2, 0) is 0 Å². The standard InChI is InChI=1S/C22H19F2N3O3/c23-17-6-5-16(14-3-1-2-4-15(14)17)22(30)27-8-7-13(11-27)26-21(29)12-9-18(24)20(28)19(25)10-12/h1-6,9-10,13,28H,7-8,11,25H2,(H,26,29)/t13-/m0/s1. The zero-order valence-electron chi connectivity index (χ0n) is 15.9. The summed E-state index contributed by atoms with van der Waals surface area (Å²) in [7, 11) is 0. The SMILES string of the molecule is Nc1cc(C(=O)N[C@H]2CCN(C(=O)c3ccc(F)c4ccccc34)C2)cc(F)c1O. The Morgan fingerprint density at radius 2 is 1.80 bits per heavy atom. The summed E-state index contributed by atoms with van der Waals surface area (Å²) < 4.78 is 27.7. The molecule has 0 radical (unpaired) electrons. The Hall–Kier alpha value is -3.68. The average molecular weight is 411 g/mol. The van der Waals surface area contributed by atoms with Gasteiger partial charge in [0.1, 0.15) is 5.82 Å². The number of likely N-dealkylation sites (tertiary alicyclic amines) is 1. The number of nitrogen functional groups attached to an aromatic ring is 1. The number of fused-ring (bicyclic) bond motifs is 1. The summed E-state index contributed by atoms with van der Waals surface area (Å²) in [5.74, 6) is -2.87. The Kier molecular flexibility index (Phi) is 4.99. The van der Waals surface area contributed by atoms with Crippen LogP contribution in [0.4, 0.5) is 14.5 Å². The van der Waals surface area contributed by atoms with Gasteiger partial charge in [-0.1, -0.05) is 24.3 Å². The molecule has 1 atom stereocenters. The molecule has 154 valence electrons. The van der Waals surface area contributed by atoms with Gasteiger partial charge in [-0.05, 0) is 36.1 Å². The van der Waals surface area contributed by atoms with Gasteiger partial charge in [0.25, 0.3) is 11.8 Å². The molecule has 6 nitrogen and oxygen atoms in total. The van der Waals surface area contributed by atoms with Crippen LogP contribution in [0.2, 0.25) is 0 Å². The number of anilines is 1. The van der Waals surface area contributed by atoms with E-state index < -0.39 is 23.3 Å². The molecule has 0 aliphatic carbocycles. The number of carbonyl (C=O) groups excluding carboxylic acids is 2. The fourth-order valence-corrected chi connectivity index (χ4v) is 3.70. The molecule has 0 saturated carbocycles. The van der Waals surface area contributed by atoms with E-state index in [2.05, 4.69) is 5.32 Å². The van der Waals surface area contributed by atoms with Gasteiger partial charge in [0, 0.05) is 35.6 Å². The summed E-state index contributed by atoms with van der Waals surface area (Å²) in [6, 6.07) is 11.3. The molecule has 3 aromatic rings. The fraction of sp³-hybridized carbons (Fsp3) is 0.182. The number of nitrogens with two attached hydrogens (primary N) is 1. The van der Waals surface area contributed by atoms with Crippen molar-refractivity contribution in [2.24, 2.45) is 0 Å². The highest BCUT2D eigenvalue weighted by atomic mass is 19.1. The molecule has 4 rings (SSSR count). The van der Waals surface area contributed by atoms with E-state index in [0.717, 1.165) is 6.07 Å². The fourth-order valence-electron chi connectivity index (χ4n) is 3.70. The van der Waals surface area contributed by atoms with Crippen LogP contribution in [0.15, 0.2) is 48.5 Å². The second-order valence-electron chi connectivity index (χ2n) is 7.25.